The molecule has 1 unspecified atom stereocenters. The van der Waals surface area contributed by atoms with Gasteiger partial charge in [0, 0.05) is 6.08 Å². The highest BCUT2D eigenvalue weighted by Gasteiger charge is 2.45. The molecule has 1 fully saturated rings. The summed E-state index contributed by atoms with van der Waals surface area (Å²) < 4.78 is 5.70. The molecule has 0 spiro atoms. The number of hydrogen-bond donors (Lipinski definition) is 1. The Morgan fingerprint density at radius 2 is 2.04 bits per heavy atom. The molecule has 0 bridgehead atoms. The number of carboxylic acid groups (broad SMARTS) is 1. The summed E-state index contributed by atoms with van der Waals surface area (Å²) in [4.78, 5) is 10.6. The van der Waals surface area contributed by atoms with Gasteiger partial charge in [0.05, 0.1) is 5.02 Å². The minimum Gasteiger partial charge on any atom is -0.488 e. The lowest BCUT2D eigenvalue weighted by atomic mass is 9.69. The van der Waals surface area contributed by atoms with Crippen molar-refractivity contribution in [3.63, 3.8) is 0 Å². The number of rotatable bonds is 8. The van der Waals surface area contributed by atoms with Gasteiger partial charge in [0.25, 0.3) is 0 Å². The van der Waals surface area contributed by atoms with E-state index in [2.05, 4.69) is 6.92 Å². The number of unbranched alkanes of at least 4 members (excludes halogenated alkanes) is 1. The van der Waals surface area contributed by atoms with Crippen LogP contribution in [0.4, 0.5) is 0 Å². The molecule has 0 aromatic heterocycles. The zero-order valence-electron chi connectivity index (χ0n) is 15.9. The van der Waals surface area contributed by atoms with Crippen molar-refractivity contribution >= 4 is 29.2 Å². The van der Waals surface area contributed by atoms with E-state index in [1.54, 1.807) is 0 Å². The second-order valence-corrected chi connectivity index (χ2v) is 8.75. The minimum atomic E-state index is -0.992. The first-order valence-corrected chi connectivity index (χ1v) is 10.7. The molecule has 3 rings (SSSR count). The Kier molecular flexibility index (Phi) is 6.75. The third-order valence-corrected chi connectivity index (χ3v) is 7.17. The third-order valence-electron chi connectivity index (χ3n) is 6.28. The van der Waals surface area contributed by atoms with Crippen LogP contribution in [0.15, 0.2) is 18.2 Å². The number of hydrogen-bond acceptors (Lipinski definition) is 2. The maximum absolute atomic E-state index is 10.6. The Morgan fingerprint density at radius 1 is 1.30 bits per heavy atom. The Hall–Kier alpha value is -1.19. The normalized spacial score (nSPS) is 22.5. The van der Waals surface area contributed by atoms with Crippen LogP contribution in [0.2, 0.25) is 10.0 Å². The van der Waals surface area contributed by atoms with Crippen molar-refractivity contribution in [2.75, 3.05) is 6.61 Å². The van der Waals surface area contributed by atoms with Gasteiger partial charge in [-0.15, -0.1) is 0 Å². The van der Waals surface area contributed by atoms with Gasteiger partial charge in [-0.25, -0.2) is 4.79 Å². The van der Waals surface area contributed by atoms with E-state index in [-0.39, 0.29) is 6.61 Å². The zero-order valence-corrected chi connectivity index (χ0v) is 17.4. The van der Waals surface area contributed by atoms with Crippen molar-refractivity contribution in [1.82, 2.24) is 0 Å². The molecule has 1 N–H and O–H groups in total. The minimum absolute atomic E-state index is 0.157. The SMILES string of the molecule is CCCCC1(C2CCCC2)Cc2cc(OC/C=C/C(=O)O)c(Cl)c(Cl)c2C1. The lowest BCUT2D eigenvalue weighted by molar-refractivity contribution is -0.131. The van der Waals surface area contributed by atoms with Crippen LogP contribution in [0.3, 0.4) is 0 Å². The molecule has 0 amide bonds. The van der Waals surface area contributed by atoms with Crippen LogP contribution in [0.1, 0.15) is 63.0 Å². The number of benzene rings is 1. The first kappa shape index (κ1) is 20.5. The summed E-state index contributed by atoms with van der Waals surface area (Å²) >= 11 is 13.1. The molecule has 1 atom stereocenters. The highest BCUT2D eigenvalue weighted by molar-refractivity contribution is 6.43. The largest absolute Gasteiger partial charge is 0.488 e. The fourth-order valence-corrected chi connectivity index (χ4v) is 5.47. The molecule has 1 saturated carbocycles. The number of fused-ring (bicyclic) bond motifs is 1. The maximum Gasteiger partial charge on any atom is 0.328 e. The number of carbonyl (C=O) groups is 1. The first-order valence-electron chi connectivity index (χ1n) is 9.99. The summed E-state index contributed by atoms with van der Waals surface area (Å²) in [5.41, 5.74) is 2.76. The van der Waals surface area contributed by atoms with Crippen molar-refractivity contribution in [2.24, 2.45) is 11.3 Å². The number of halogens is 2. The van der Waals surface area contributed by atoms with E-state index < -0.39 is 5.97 Å². The molecule has 2 aliphatic rings. The van der Waals surface area contributed by atoms with Crippen LogP contribution in [0, 0.1) is 11.3 Å². The summed E-state index contributed by atoms with van der Waals surface area (Å²) in [6, 6.07) is 2.03. The molecule has 148 valence electrons. The van der Waals surface area contributed by atoms with Crippen molar-refractivity contribution in [3.8, 4) is 5.75 Å². The number of aliphatic carboxylic acids is 1. The van der Waals surface area contributed by atoms with Crippen molar-refractivity contribution < 1.29 is 14.6 Å². The highest BCUT2D eigenvalue weighted by Crippen LogP contribution is 2.54. The summed E-state index contributed by atoms with van der Waals surface area (Å²) in [6.45, 7) is 2.41. The fraction of sp³-hybridized carbons (Fsp3) is 0.591. The van der Waals surface area contributed by atoms with E-state index in [0.29, 0.717) is 21.2 Å². The van der Waals surface area contributed by atoms with E-state index in [0.717, 1.165) is 24.8 Å². The Balaban J connectivity index is 1.84. The predicted molar refractivity (Wildman–Crippen MR) is 110 cm³/mol. The Labute approximate surface area is 171 Å². The predicted octanol–water partition coefficient (Wildman–Crippen LogP) is 6.48. The quantitative estimate of drug-likeness (QED) is 0.498. The summed E-state index contributed by atoms with van der Waals surface area (Å²) in [5, 5.41) is 9.73. The second kappa shape index (κ2) is 8.87. The topological polar surface area (TPSA) is 46.5 Å². The van der Waals surface area contributed by atoms with Crippen LogP contribution >= 0.6 is 23.2 Å². The lowest BCUT2D eigenvalue weighted by Crippen LogP contribution is -2.30. The molecular formula is C22H28Cl2O3. The van der Waals surface area contributed by atoms with E-state index >= 15 is 0 Å². The van der Waals surface area contributed by atoms with Gasteiger partial charge >= 0.3 is 5.97 Å². The summed E-state index contributed by atoms with van der Waals surface area (Å²) in [6.07, 6.45) is 13.6. The van der Waals surface area contributed by atoms with Crippen LogP contribution in [0.5, 0.6) is 5.75 Å². The molecule has 2 aliphatic carbocycles. The molecule has 5 heteroatoms. The molecule has 3 nitrogen and oxygen atoms in total. The van der Waals surface area contributed by atoms with E-state index in [9.17, 15) is 4.79 Å². The van der Waals surface area contributed by atoms with Crippen molar-refractivity contribution in [2.45, 2.75) is 64.7 Å². The molecule has 0 radical (unpaired) electrons. The lowest BCUT2D eigenvalue weighted by Gasteiger charge is -2.36. The smallest absolute Gasteiger partial charge is 0.328 e. The molecule has 1 aromatic rings. The molecule has 0 heterocycles. The van der Waals surface area contributed by atoms with Gasteiger partial charge in [0.15, 0.2) is 0 Å². The Bertz CT molecular complexity index is 723. The van der Waals surface area contributed by atoms with Gasteiger partial charge in [-0.2, -0.15) is 0 Å². The number of carboxylic acids is 1. The van der Waals surface area contributed by atoms with Gasteiger partial charge in [-0.05, 0) is 66.7 Å². The van der Waals surface area contributed by atoms with Gasteiger partial charge in [0.2, 0.25) is 0 Å². The van der Waals surface area contributed by atoms with Crippen molar-refractivity contribution in [1.29, 1.82) is 0 Å². The summed E-state index contributed by atoms with van der Waals surface area (Å²) in [5.74, 6) is 0.330. The highest BCUT2D eigenvalue weighted by atomic mass is 35.5. The molecule has 1 aromatic carbocycles. The van der Waals surface area contributed by atoms with E-state index in [1.165, 1.54) is 62.1 Å². The van der Waals surface area contributed by atoms with E-state index in [1.807, 2.05) is 6.07 Å². The van der Waals surface area contributed by atoms with Crippen LogP contribution < -0.4 is 4.74 Å². The average Bonchev–Trinajstić information content (AvgIpc) is 3.29. The maximum atomic E-state index is 10.6. The Morgan fingerprint density at radius 3 is 2.70 bits per heavy atom. The van der Waals surface area contributed by atoms with Crippen LogP contribution in [0.25, 0.3) is 0 Å². The van der Waals surface area contributed by atoms with Gasteiger partial charge in [0.1, 0.15) is 17.4 Å². The van der Waals surface area contributed by atoms with Crippen LogP contribution in [-0.2, 0) is 17.6 Å². The average molecular weight is 411 g/mol. The van der Waals surface area contributed by atoms with Gasteiger partial charge < -0.3 is 9.84 Å². The molecule has 0 saturated heterocycles. The van der Waals surface area contributed by atoms with Gasteiger partial charge in [-0.1, -0.05) is 55.8 Å². The standard InChI is InChI=1S/C22H28Cl2O3/c1-2-3-10-22(16-7-4-5-8-16)13-15-12-18(27-11-6-9-19(25)26)21(24)20(23)17(15)14-22/h6,9,12,16H,2-5,7-8,10-11,13-14H2,1H3,(H,25,26)/b9-6+. The van der Waals surface area contributed by atoms with E-state index in [4.69, 9.17) is 33.0 Å². The summed E-state index contributed by atoms with van der Waals surface area (Å²) in [7, 11) is 0. The second-order valence-electron chi connectivity index (χ2n) is 7.99. The number of ether oxygens (including phenoxy) is 1. The third kappa shape index (κ3) is 4.46. The monoisotopic (exact) mass is 410 g/mol. The molecule has 27 heavy (non-hydrogen) atoms. The fourth-order valence-electron chi connectivity index (χ4n) is 4.96. The molecule has 0 aliphatic heterocycles. The zero-order chi connectivity index (χ0) is 19.4. The van der Waals surface area contributed by atoms with Crippen LogP contribution in [-0.4, -0.2) is 17.7 Å². The first-order chi connectivity index (χ1) is 13.0. The molecular weight excluding hydrogens is 383 g/mol. The van der Waals surface area contributed by atoms with Crippen molar-refractivity contribution in [3.05, 3.63) is 39.4 Å². The van der Waals surface area contributed by atoms with Gasteiger partial charge in [-0.3, -0.25) is 0 Å².